The van der Waals surface area contributed by atoms with Crippen LogP contribution in [-0.4, -0.2) is 19.5 Å². The number of hydrogen-bond acceptors (Lipinski definition) is 4. The summed E-state index contributed by atoms with van der Waals surface area (Å²) in [6.45, 7) is 0. The quantitative estimate of drug-likeness (QED) is 0.183. The van der Waals surface area contributed by atoms with Gasteiger partial charge in [0, 0.05) is 43.9 Å². The minimum Gasteiger partial charge on any atom is -0.456 e. The molecule has 10 aromatic rings. The van der Waals surface area contributed by atoms with Crippen LogP contribution < -0.4 is 0 Å². The lowest BCUT2D eigenvalue weighted by atomic mass is 10.0. The monoisotopic (exact) mass is 668 g/mol. The highest BCUT2D eigenvalue weighted by molar-refractivity contribution is 6.10. The molecule has 234 valence electrons. The SMILES string of the molecule is [2H]c1c([2H])c([2H])c(-c2nc(-c3c([2H])c([2H])c([2H])c(-c4c([2H])c([2H])c5c6c([2H])c([2H])c([2H])c([2H])c6n(-c6c([2H])c([2H])c([2H])c([2H])c6[2H])c5c4[2H])c3[2H])nc(-c3c([2H])c([2H])c4c(oc5c([2H])c([2H])c([2H])c([2H])c54)c3[2H])n2)c([2H])c1[2H]. The van der Waals surface area contributed by atoms with E-state index in [-0.39, 0.29) is 5.39 Å². The van der Waals surface area contributed by atoms with E-state index in [0.717, 1.165) is 4.57 Å². The lowest BCUT2D eigenvalue weighted by molar-refractivity contribution is 0.669. The fourth-order valence-electron chi connectivity index (χ4n) is 5.28. The Bertz CT molecular complexity index is 4440. The lowest BCUT2D eigenvalue weighted by Gasteiger charge is -2.11. The molecule has 7 aromatic carbocycles. The normalized spacial score (nSPS) is 19.4. The summed E-state index contributed by atoms with van der Waals surface area (Å²) in [4.78, 5) is 12.9. The predicted molar refractivity (Wildman–Crippen MR) is 203 cm³/mol. The van der Waals surface area contributed by atoms with Crippen LogP contribution in [0.2, 0.25) is 0 Å². The van der Waals surface area contributed by atoms with Gasteiger partial charge in [-0.2, -0.15) is 0 Å². The Morgan fingerprint density at radius 1 is 0.380 bits per heavy atom. The van der Waals surface area contributed by atoms with Gasteiger partial charge >= 0.3 is 0 Å². The van der Waals surface area contributed by atoms with Crippen molar-refractivity contribution in [2.24, 2.45) is 0 Å². The summed E-state index contributed by atoms with van der Waals surface area (Å²) in [7, 11) is 0. The molecule has 0 saturated heterocycles. The molecule has 3 aromatic heterocycles. The van der Waals surface area contributed by atoms with Gasteiger partial charge in [0.05, 0.1) is 49.4 Å². The lowest BCUT2D eigenvalue weighted by Crippen LogP contribution is -2.00. The van der Waals surface area contributed by atoms with E-state index in [1.807, 2.05) is 0 Å². The van der Waals surface area contributed by atoms with Crippen molar-refractivity contribution in [2.45, 2.75) is 0 Å². The molecule has 0 radical (unpaired) electrons. The van der Waals surface area contributed by atoms with Crippen LogP contribution in [0.1, 0.15) is 38.4 Å². The van der Waals surface area contributed by atoms with Crippen molar-refractivity contribution in [1.82, 2.24) is 19.5 Å². The molecule has 3 heterocycles. The molecule has 0 unspecified atom stereocenters. The summed E-state index contributed by atoms with van der Waals surface area (Å²) in [6.07, 6.45) is 0. The molecule has 0 aliphatic carbocycles. The second-order valence-electron chi connectivity index (χ2n) is 10.3. The van der Waals surface area contributed by atoms with Gasteiger partial charge in [-0.1, -0.05) is 121 Å². The average Bonchev–Trinajstić information content (AvgIpc) is 4.22. The first-order chi connectivity index (χ1) is 36.4. The number of fused-ring (bicyclic) bond motifs is 6. The molecule has 10 rings (SSSR count). The van der Waals surface area contributed by atoms with E-state index in [1.165, 1.54) is 0 Å². The van der Waals surface area contributed by atoms with Crippen LogP contribution in [0.15, 0.2) is 174 Å². The smallest absolute Gasteiger partial charge is 0.164 e. The van der Waals surface area contributed by atoms with Crippen LogP contribution in [-0.2, 0) is 0 Å². The van der Waals surface area contributed by atoms with Gasteiger partial charge < -0.3 is 8.98 Å². The third kappa shape index (κ3) is 4.67. The molecule has 0 aliphatic rings. The molecule has 0 saturated carbocycles. The van der Waals surface area contributed by atoms with E-state index >= 15 is 0 Å². The maximum atomic E-state index is 9.77. The van der Waals surface area contributed by atoms with Gasteiger partial charge in [0.2, 0.25) is 0 Å². The molecule has 5 heteroatoms. The summed E-state index contributed by atoms with van der Waals surface area (Å²) in [5, 5.41) is -1.86. The number of benzene rings is 7. The van der Waals surface area contributed by atoms with Crippen molar-refractivity contribution in [3.8, 4) is 51.0 Å². The summed E-state index contributed by atoms with van der Waals surface area (Å²) < 4.78 is 254. The van der Waals surface area contributed by atoms with Crippen LogP contribution in [0.4, 0.5) is 0 Å². The molecule has 0 bridgehead atoms. The fraction of sp³-hybridized carbons (Fsp3) is 0. The zero-order valence-corrected chi connectivity index (χ0v) is 24.7. The van der Waals surface area contributed by atoms with Crippen LogP contribution in [0.5, 0.6) is 0 Å². The average molecular weight is 669 g/mol. The number of para-hydroxylation sites is 3. The maximum absolute atomic E-state index is 9.77. The fourth-order valence-corrected chi connectivity index (χ4v) is 5.28. The van der Waals surface area contributed by atoms with Gasteiger partial charge in [-0.15, -0.1) is 0 Å². The minimum atomic E-state index is -1.09. The maximum Gasteiger partial charge on any atom is 0.164 e. The van der Waals surface area contributed by atoms with E-state index in [0.29, 0.717) is 0 Å². The van der Waals surface area contributed by atoms with Gasteiger partial charge in [0.1, 0.15) is 11.2 Å². The van der Waals surface area contributed by atoms with Crippen molar-refractivity contribution in [1.29, 1.82) is 0 Å². The summed E-state index contributed by atoms with van der Waals surface area (Å²) >= 11 is 0. The van der Waals surface area contributed by atoms with Crippen LogP contribution in [0, 0.1) is 0 Å². The second-order valence-corrected chi connectivity index (χ2v) is 10.3. The first-order valence-corrected chi connectivity index (χ1v) is 14.4. The van der Waals surface area contributed by atoms with E-state index in [2.05, 4.69) is 15.0 Å². The first-order valence-electron chi connectivity index (χ1n) is 28.4. The van der Waals surface area contributed by atoms with E-state index < -0.39 is 259 Å². The van der Waals surface area contributed by atoms with Crippen molar-refractivity contribution in [3.05, 3.63) is 169 Å². The molecule has 5 nitrogen and oxygen atoms in total. The zero-order valence-electron chi connectivity index (χ0n) is 52.7. The number of furan rings is 1. The van der Waals surface area contributed by atoms with Crippen molar-refractivity contribution < 1.29 is 42.8 Å². The summed E-state index contributed by atoms with van der Waals surface area (Å²) in [5.74, 6) is -2.64. The van der Waals surface area contributed by atoms with Gasteiger partial charge in [-0.05, 0) is 59.5 Å². The number of rotatable bonds is 5. The number of aromatic nitrogens is 4. The number of nitrogens with zero attached hydrogens (tertiary/aromatic N) is 4. The number of hydrogen-bond donors (Lipinski definition) is 0. The van der Waals surface area contributed by atoms with Crippen LogP contribution in [0.25, 0.3) is 94.7 Å². The van der Waals surface area contributed by atoms with Crippen molar-refractivity contribution in [3.63, 3.8) is 0 Å². The van der Waals surface area contributed by atoms with Crippen molar-refractivity contribution >= 4 is 43.7 Å². The Morgan fingerprint density at radius 2 is 0.920 bits per heavy atom. The van der Waals surface area contributed by atoms with Gasteiger partial charge in [0.25, 0.3) is 0 Å². The third-order valence-corrected chi connectivity index (χ3v) is 7.43. The van der Waals surface area contributed by atoms with E-state index in [9.17, 15) is 11.0 Å². The van der Waals surface area contributed by atoms with Gasteiger partial charge in [0.15, 0.2) is 17.5 Å². The molecular weight excluding hydrogens is 613 g/mol. The molecule has 0 atom stereocenters. The van der Waals surface area contributed by atoms with Gasteiger partial charge in [-0.3, -0.25) is 0 Å². The Balaban J connectivity index is 1.36. The molecule has 0 fully saturated rings. The highest BCUT2D eigenvalue weighted by Gasteiger charge is 2.16. The molecule has 50 heavy (non-hydrogen) atoms. The van der Waals surface area contributed by atoms with Crippen LogP contribution >= 0.6 is 0 Å². The third-order valence-electron chi connectivity index (χ3n) is 7.43. The van der Waals surface area contributed by atoms with E-state index in [1.54, 1.807) is 0 Å². The highest BCUT2D eigenvalue weighted by Crippen LogP contribution is 2.36. The van der Waals surface area contributed by atoms with Gasteiger partial charge in [-0.25, -0.2) is 15.0 Å². The summed E-state index contributed by atoms with van der Waals surface area (Å²) in [6, 6.07) is -25.2. The Morgan fingerprint density at radius 3 is 1.74 bits per heavy atom. The highest BCUT2D eigenvalue weighted by atomic mass is 16.3. The Kier molecular flexibility index (Phi) is 2.72. The summed E-state index contributed by atoms with van der Waals surface area (Å²) in [5.41, 5.74) is -7.32. The minimum absolute atomic E-state index is 0.359. The largest absolute Gasteiger partial charge is 0.456 e. The van der Waals surface area contributed by atoms with Crippen LogP contribution in [0.3, 0.4) is 0 Å². The topological polar surface area (TPSA) is 56.7 Å². The molecule has 0 N–H and O–H groups in total. The standard InChI is InChI=1S/C45H28N4O/c1-3-12-29(13-4-1)43-46-44(48-45(47-43)33-23-25-38-37-19-8-10-21-41(37)50-42(38)28-33)32-15-11-14-30(26-32)31-22-24-36-35-18-7-9-20-39(35)49(40(36)27-31)34-16-5-2-6-17-34/h1-28H/i1D,2D,3D,4D,5D,6D,7D,8D,9D,10D,11D,12D,13D,14D,15D,16D,17D,18D,19D,20D,21D,22D,23D,24D,25D,26D,27D,28D. The molecule has 0 spiro atoms. The molecule has 0 aliphatic heterocycles. The Hall–Kier alpha value is -6.85. The first kappa shape index (κ1) is 11.9. The van der Waals surface area contributed by atoms with E-state index in [4.69, 9.17) is 31.8 Å². The molecular formula is C45H28N4O. The molecule has 0 amide bonds. The Labute approximate surface area is 327 Å². The second kappa shape index (κ2) is 11.4. The zero-order chi connectivity index (χ0) is 57.4. The van der Waals surface area contributed by atoms with Crippen molar-refractivity contribution in [2.75, 3.05) is 0 Å². The predicted octanol–water partition coefficient (Wildman–Crippen LogP) is 11.5.